The van der Waals surface area contributed by atoms with Crippen LogP contribution < -0.4 is 5.32 Å². The number of imide groups is 1. The van der Waals surface area contributed by atoms with E-state index in [1.807, 2.05) is 37.3 Å². The lowest BCUT2D eigenvalue weighted by Crippen LogP contribution is -2.67. The zero-order valence-corrected chi connectivity index (χ0v) is 21.2. The maximum atomic E-state index is 13.4. The van der Waals surface area contributed by atoms with Gasteiger partial charge in [0, 0.05) is 0 Å². The summed E-state index contributed by atoms with van der Waals surface area (Å²) >= 11 is 0. The molecule has 3 amide bonds. The van der Waals surface area contributed by atoms with Gasteiger partial charge < -0.3 is 14.5 Å². The predicted octanol–water partition coefficient (Wildman–Crippen LogP) is 3.74. The molecule has 2 fully saturated rings. The molecule has 1 aromatic carbocycles. The summed E-state index contributed by atoms with van der Waals surface area (Å²) in [7, 11) is -2.07. The number of hydrogen-bond donors (Lipinski definition) is 1. The monoisotopic (exact) mass is 460 g/mol. The summed E-state index contributed by atoms with van der Waals surface area (Å²) in [6.07, 6.45) is -0.387. The van der Waals surface area contributed by atoms with Crippen LogP contribution in [0.3, 0.4) is 0 Å². The van der Waals surface area contributed by atoms with Crippen LogP contribution in [-0.2, 0) is 25.2 Å². The van der Waals surface area contributed by atoms with Crippen molar-refractivity contribution >= 4 is 26.2 Å². The molecule has 0 radical (unpaired) electrons. The zero-order valence-electron chi connectivity index (χ0n) is 20.2. The van der Waals surface area contributed by atoms with E-state index in [1.54, 1.807) is 6.92 Å². The molecule has 2 heterocycles. The molecule has 8 heteroatoms. The first-order valence-corrected chi connectivity index (χ1v) is 14.3. The van der Waals surface area contributed by atoms with Crippen molar-refractivity contribution in [2.45, 2.75) is 77.4 Å². The van der Waals surface area contributed by atoms with Crippen LogP contribution in [0.2, 0.25) is 18.1 Å². The second-order valence-electron chi connectivity index (χ2n) is 10.6. The lowest BCUT2D eigenvalue weighted by Gasteiger charge is -2.47. The van der Waals surface area contributed by atoms with Gasteiger partial charge in [0.05, 0.1) is 30.0 Å². The molecule has 3 rings (SSSR count). The number of nitrogens with zero attached hydrogens (tertiary/aromatic N) is 1. The van der Waals surface area contributed by atoms with Gasteiger partial charge in [0.2, 0.25) is 11.8 Å². The number of cyclic esters (lactones) is 1. The van der Waals surface area contributed by atoms with Crippen LogP contribution in [-0.4, -0.2) is 55.9 Å². The lowest BCUT2D eigenvalue weighted by atomic mass is 9.78. The van der Waals surface area contributed by atoms with Gasteiger partial charge in [0.15, 0.2) is 8.32 Å². The Morgan fingerprint density at radius 3 is 2.41 bits per heavy atom. The van der Waals surface area contributed by atoms with E-state index in [1.165, 1.54) is 4.90 Å². The summed E-state index contributed by atoms with van der Waals surface area (Å²) in [6.45, 7) is 14.6. The van der Waals surface area contributed by atoms with Gasteiger partial charge in [-0.3, -0.25) is 9.59 Å². The number of ether oxygens (including phenoxy) is 1. The van der Waals surface area contributed by atoms with Crippen molar-refractivity contribution in [2.24, 2.45) is 11.8 Å². The van der Waals surface area contributed by atoms with Crippen molar-refractivity contribution in [3.63, 3.8) is 0 Å². The van der Waals surface area contributed by atoms with Gasteiger partial charge in [-0.25, -0.2) is 9.69 Å². The molecule has 0 aliphatic carbocycles. The Bertz CT molecular complexity index is 867. The lowest BCUT2D eigenvalue weighted by molar-refractivity contribution is -0.147. The zero-order chi connectivity index (χ0) is 23.8. The van der Waals surface area contributed by atoms with Crippen molar-refractivity contribution < 1.29 is 23.5 Å². The minimum absolute atomic E-state index is 0.0163. The summed E-state index contributed by atoms with van der Waals surface area (Å²) in [5.74, 6) is -1.41. The number of carbonyl (C=O) groups excluding carboxylic acids is 3. The molecule has 5 atom stereocenters. The van der Waals surface area contributed by atoms with Gasteiger partial charge in [-0.05, 0) is 37.0 Å². The van der Waals surface area contributed by atoms with Crippen LogP contribution in [0.15, 0.2) is 30.3 Å². The smallest absolute Gasteiger partial charge is 0.416 e. The summed E-state index contributed by atoms with van der Waals surface area (Å²) in [6, 6.07) is 9.00. The van der Waals surface area contributed by atoms with Gasteiger partial charge >= 0.3 is 6.09 Å². The van der Waals surface area contributed by atoms with Crippen LogP contribution in [0.4, 0.5) is 4.79 Å². The summed E-state index contributed by atoms with van der Waals surface area (Å²) in [5.41, 5.74) is 1.03. The maximum Gasteiger partial charge on any atom is 0.416 e. The number of β-lactam (4-membered cyclic amide) rings is 1. The van der Waals surface area contributed by atoms with Crippen LogP contribution >= 0.6 is 0 Å². The molecule has 0 unspecified atom stereocenters. The molecule has 0 aromatic heterocycles. The Morgan fingerprint density at radius 1 is 1.22 bits per heavy atom. The average molecular weight is 461 g/mol. The quantitative estimate of drug-likeness (QED) is 0.495. The second-order valence-corrected chi connectivity index (χ2v) is 15.3. The Labute approximate surface area is 192 Å². The number of benzene rings is 1. The van der Waals surface area contributed by atoms with Crippen LogP contribution in [0.5, 0.6) is 0 Å². The molecular weight excluding hydrogens is 424 g/mol. The standard InChI is InChI=1S/C24H36N2O5Si/c1-15(20-19(21(27)25-20)16(2)31-32(6,7)24(3,4)5)22(28)26-18(14-30-23(26)29)13-17-11-9-8-10-12-17/h8-12,15-16,18-20H,13-14H2,1-7H3,(H,25,27)/t15-,16-,18+,19-,20-/m1/s1. The minimum Gasteiger partial charge on any atom is -0.447 e. The average Bonchev–Trinajstić information content (AvgIpc) is 3.04. The minimum atomic E-state index is -2.07. The van der Waals surface area contributed by atoms with Crippen molar-refractivity contribution in [3.05, 3.63) is 35.9 Å². The highest BCUT2D eigenvalue weighted by molar-refractivity contribution is 6.74. The number of carbonyl (C=O) groups is 3. The van der Waals surface area contributed by atoms with Gasteiger partial charge in [-0.1, -0.05) is 58.0 Å². The Kier molecular flexibility index (Phi) is 6.86. The number of hydrogen-bond acceptors (Lipinski definition) is 5. The third-order valence-corrected chi connectivity index (χ3v) is 11.8. The van der Waals surface area contributed by atoms with E-state index >= 15 is 0 Å². The number of nitrogens with one attached hydrogen (secondary N) is 1. The number of rotatable bonds is 7. The summed E-state index contributed by atoms with van der Waals surface area (Å²) in [5, 5.41) is 2.89. The van der Waals surface area contributed by atoms with Crippen molar-refractivity contribution in [2.75, 3.05) is 6.61 Å². The fraction of sp³-hybridized carbons (Fsp3) is 0.625. The molecule has 0 saturated carbocycles. The molecule has 176 valence electrons. The van der Waals surface area contributed by atoms with Gasteiger partial charge in [0.1, 0.15) is 6.61 Å². The van der Waals surface area contributed by atoms with E-state index in [9.17, 15) is 14.4 Å². The molecule has 0 spiro atoms. The molecule has 0 bridgehead atoms. The highest BCUT2D eigenvalue weighted by Crippen LogP contribution is 2.39. The second kappa shape index (κ2) is 8.98. The fourth-order valence-corrected chi connectivity index (χ4v) is 5.64. The third kappa shape index (κ3) is 4.76. The molecule has 2 aliphatic rings. The van der Waals surface area contributed by atoms with Crippen molar-refractivity contribution in [3.8, 4) is 0 Å². The molecule has 2 aliphatic heterocycles. The van der Waals surface area contributed by atoms with Gasteiger partial charge in [-0.15, -0.1) is 0 Å². The first-order valence-electron chi connectivity index (χ1n) is 11.4. The molecule has 1 N–H and O–H groups in total. The third-order valence-electron chi connectivity index (χ3n) is 7.23. The molecule has 2 saturated heterocycles. The summed E-state index contributed by atoms with van der Waals surface area (Å²) in [4.78, 5) is 39.4. The summed E-state index contributed by atoms with van der Waals surface area (Å²) < 4.78 is 11.7. The predicted molar refractivity (Wildman–Crippen MR) is 124 cm³/mol. The molecular formula is C24H36N2O5Si. The molecule has 32 heavy (non-hydrogen) atoms. The van der Waals surface area contributed by atoms with Crippen molar-refractivity contribution in [1.29, 1.82) is 0 Å². The maximum absolute atomic E-state index is 13.4. The fourth-order valence-electron chi connectivity index (χ4n) is 4.21. The SMILES string of the molecule is C[C@@H](O[Si](C)(C)C(C)(C)C)[C@H]1C(=O)N[C@@H]1[C@@H](C)C(=O)N1C(=O)OC[C@@H]1Cc1ccccc1. The van der Waals surface area contributed by atoms with E-state index < -0.39 is 26.2 Å². The van der Waals surface area contributed by atoms with E-state index in [0.717, 1.165) is 5.56 Å². The van der Waals surface area contributed by atoms with Gasteiger partial charge in [-0.2, -0.15) is 0 Å². The van der Waals surface area contributed by atoms with E-state index in [0.29, 0.717) is 6.42 Å². The normalized spacial score (nSPS) is 25.6. The number of amides is 3. The highest BCUT2D eigenvalue weighted by atomic mass is 28.4. The topological polar surface area (TPSA) is 84.9 Å². The first kappa shape index (κ1) is 24.4. The molecule has 7 nitrogen and oxygen atoms in total. The molecule has 1 aromatic rings. The van der Waals surface area contributed by atoms with E-state index in [-0.39, 0.29) is 41.6 Å². The largest absolute Gasteiger partial charge is 0.447 e. The van der Waals surface area contributed by atoms with Gasteiger partial charge in [0.25, 0.3) is 0 Å². The van der Waals surface area contributed by atoms with Crippen molar-refractivity contribution in [1.82, 2.24) is 10.2 Å². The van der Waals surface area contributed by atoms with E-state index in [2.05, 4.69) is 39.2 Å². The van der Waals surface area contributed by atoms with Crippen LogP contribution in [0.1, 0.15) is 40.2 Å². The Morgan fingerprint density at radius 2 is 1.84 bits per heavy atom. The Hall–Kier alpha value is -2.19. The van der Waals surface area contributed by atoms with Crippen LogP contribution in [0, 0.1) is 11.8 Å². The van der Waals surface area contributed by atoms with E-state index in [4.69, 9.17) is 9.16 Å². The van der Waals surface area contributed by atoms with Crippen LogP contribution in [0.25, 0.3) is 0 Å². The highest BCUT2D eigenvalue weighted by Gasteiger charge is 2.52. The first-order chi connectivity index (χ1) is 14.8. The Balaban J connectivity index is 1.71.